The molecule has 2 nitrogen and oxygen atoms in total. The van der Waals surface area contributed by atoms with E-state index in [0.29, 0.717) is 5.92 Å². The van der Waals surface area contributed by atoms with Crippen LogP contribution in [0.25, 0.3) is 0 Å². The van der Waals surface area contributed by atoms with Gasteiger partial charge in [-0.05, 0) is 59.4 Å². The molecule has 2 aromatic carbocycles. The van der Waals surface area contributed by atoms with Gasteiger partial charge in [0, 0.05) is 17.3 Å². The lowest BCUT2D eigenvalue weighted by molar-refractivity contribution is 0.872. The molecule has 2 aromatic rings. The maximum absolute atomic E-state index is 5.97. The summed E-state index contributed by atoms with van der Waals surface area (Å²) in [5.74, 6) is 0.312. The Labute approximate surface area is 121 Å². The molecule has 0 amide bonds. The number of hydrogen-bond donors (Lipinski definition) is 2. The van der Waals surface area contributed by atoms with Gasteiger partial charge in [-0.15, -0.1) is 0 Å². The van der Waals surface area contributed by atoms with E-state index < -0.39 is 0 Å². The van der Waals surface area contributed by atoms with Crippen LogP contribution in [0.15, 0.2) is 36.4 Å². The fourth-order valence-electron chi connectivity index (χ4n) is 2.84. The molecule has 0 aliphatic rings. The standard InChI is InChI=1S/C18H24N2/c1-4-13-6-8-15(19)10-17(13)12(3)18-11-16(20)9-7-14(18)5-2/h6-12H,4-5,19-20H2,1-3H3. The third-order valence-electron chi connectivity index (χ3n) is 4.03. The van der Waals surface area contributed by atoms with E-state index >= 15 is 0 Å². The normalized spacial score (nSPS) is 11.0. The van der Waals surface area contributed by atoms with Crippen LogP contribution in [-0.4, -0.2) is 0 Å². The second-order valence-corrected chi connectivity index (χ2v) is 5.35. The minimum atomic E-state index is 0.312. The van der Waals surface area contributed by atoms with E-state index in [2.05, 4.69) is 45.0 Å². The van der Waals surface area contributed by atoms with Gasteiger partial charge in [0.2, 0.25) is 0 Å². The van der Waals surface area contributed by atoms with Crippen LogP contribution in [0.5, 0.6) is 0 Å². The summed E-state index contributed by atoms with van der Waals surface area (Å²) in [6.45, 7) is 6.60. The van der Waals surface area contributed by atoms with Gasteiger partial charge < -0.3 is 11.5 Å². The first-order chi connectivity index (χ1) is 9.56. The van der Waals surface area contributed by atoms with E-state index in [1.165, 1.54) is 22.3 Å². The topological polar surface area (TPSA) is 52.0 Å². The zero-order valence-electron chi connectivity index (χ0n) is 12.6. The summed E-state index contributed by atoms with van der Waals surface area (Å²) < 4.78 is 0. The molecule has 0 aliphatic heterocycles. The van der Waals surface area contributed by atoms with Gasteiger partial charge >= 0.3 is 0 Å². The Morgan fingerprint density at radius 2 is 1.20 bits per heavy atom. The number of anilines is 2. The molecule has 106 valence electrons. The van der Waals surface area contributed by atoms with Crippen molar-refractivity contribution in [1.29, 1.82) is 0 Å². The third-order valence-corrected chi connectivity index (χ3v) is 4.03. The van der Waals surface area contributed by atoms with E-state index in [9.17, 15) is 0 Å². The van der Waals surface area contributed by atoms with Gasteiger partial charge in [-0.1, -0.05) is 32.9 Å². The molecule has 0 unspecified atom stereocenters. The zero-order chi connectivity index (χ0) is 14.7. The van der Waals surface area contributed by atoms with Gasteiger partial charge in [-0.2, -0.15) is 0 Å². The van der Waals surface area contributed by atoms with Crippen molar-refractivity contribution in [3.63, 3.8) is 0 Å². The highest BCUT2D eigenvalue weighted by molar-refractivity contribution is 5.52. The van der Waals surface area contributed by atoms with E-state index in [4.69, 9.17) is 11.5 Å². The van der Waals surface area contributed by atoms with Gasteiger partial charge in [-0.3, -0.25) is 0 Å². The summed E-state index contributed by atoms with van der Waals surface area (Å²) in [5, 5.41) is 0. The van der Waals surface area contributed by atoms with Crippen LogP contribution in [0.1, 0.15) is 48.9 Å². The number of aryl methyl sites for hydroxylation is 2. The molecule has 0 fully saturated rings. The van der Waals surface area contributed by atoms with Gasteiger partial charge in [-0.25, -0.2) is 0 Å². The molecule has 2 heteroatoms. The SMILES string of the molecule is CCc1ccc(N)cc1C(C)c1cc(N)ccc1CC. The van der Waals surface area contributed by atoms with Gasteiger partial charge in [0.1, 0.15) is 0 Å². The first-order valence-electron chi connectivity index (χ1n) is 7.33. The highest BCUT2D eigenvalue weighted by Gasteiger charge is 2.15. The van der Waals surface area contributed by atoms with Gasteiger partial charge in [0.15, 0.2) is 0 Å². The first-order valence-corrected chi connectivity index (χ1v) is 7.33. The van der Waals surface area contributed by atoms with Gasteiger partial charge in [0.05, 0.1) is 0 Å². The van der Waals surface area contributed by atoms with Crippen LogP contribution in [0.4, 0.5) is 11.4 Å². The van der Waals surface area contributed by atoms with Crippen molar-refractivity contribution in [2.45, 2.75) is 39.5 Å². The Balaban J connectivity index is 2.53. The van der Waals surface area contributed by atoms with Crippen LogP contribution < -0.4 is 11.5 Å². The number of nitrogens with two attached hydrogens (primary N) is 2. The lowest BCUT2D eigenvalue weighted by atomic mass is 9.85. The lowest BCUT2D eigenvalue weighted by Gasteiger charge is -2.20. The smallest absolute Gasteiger partial charge is 0.0317 e. The quantitative estimate of drug-likeness (QED) is 0.819. The predicted molar refractivity (Wildman–Crippen MR) is 88.0 cm³/mol. The monoisotopic (exact) mass is 268 g/mol. The molecule has 0 atom stereocenters. The number of nitrogen functional groups attached to an aromatic ring is 2. The van der Waals surface area contributed by atoms with Crippen LogP contribution >= 0.6 is 0 Å². The molecule has 20 heavy (non-hydrogen) atoms. The highest BCUT2D eigenvalue weighted by atomic mass is 14.5. The molecule has 2 rings (SSSR count). The van der Waals surface area contributed by atoms with Crippen LogP contribution in [0, 0.1) is 0 Å². The summed E-state index contributed by atoms with van der Waals surface area (Å²) in [5.41, 5.74) is 18.9. The predicted octanol–water partition coefficient (Wildman–Crippen LogP) is 4.13. The zero-order valence-corrected chi connectivity index (χ0v) is 12.6. The summed E-state index contributed by atoms with van der Waals surface area (Å²) in [6, 6.07) is 12.4. The maximum atomic E-state index is 5.97. The molecular formula is C18H24N2. The molecular weight excluding hydrogens is 244 g/mol. The first kappa shape index (κ1) is 14.4. The molecule has 0 spiro atoms. The molecule has 0 bridgehead atoms. The largest absolute Gasteiger partial charge is 0.399 e. The minimum Gasteiger partial charge on any atom is -0.399 e. The summed E-state index contributed by atoms with van der Waals surface area (Å²) >= 11 is 0. The molecule has 0 saturated carbocycles. The Morgan fingerprint density at radius 1 is 0.800 bits per heavy atom. The summed E-state index contributed by atoms with van der Waals surface area (Å²) in [6.07, 6.45) is 2.04. The van der Waals surface area contributed by atoms with E-state index in [1.807, 2.05) is 12.1 Å². The van der Waals surface area contributed by atoms with Crippen molar-refractivity contribution in [3.8, 4) is 0 Å². The number of benzene rings is 2. The van der Waals surface area contributed by atoms with E-state index in [0.717, 1.165) is 24.2 Å². The maximum Gasteiger partial charge on any atom is 0.0317 e. The van der Waals surface area contributed by atoms with Crippen molar-refractivity contribution >= 4 is 11.4 Å². The number of rotatable bonds is 4. The second-order valence-electron chi connectivity index (χ2n) is 5.35. The molecule has 0 radical (unpaired) electrons. The average molecular weight is 268 g/mol. The van der Waals surface area contributed by atoms with E-state index in [-0.39, 0.29) is 0 Å². The van der Waals surface area contributed by atoms with Crippen molar-refractivity contribution < 1.29 is 0 Å². The number of hydrogen-bond acceptors (Lipinski definition) is 2. The molecule has 4 N–H and O–H groups in total. The lowest BCUT2D eigenvalue weighted by Crippen LogP contribution is -2.05. The van der Waals surface area contributed by atoms with E-state index in [1.54, 1.807) is 0 Å². The van der Waals surface area contributed by atoms with Crippen molar-refractivity contribution in [2.75, 3.05) is 11.5 Å². The summed E-state index contributed by atoms with van der Waals surface area (Å²) in [4.78, 5) is 0. The Hall–Kier alpha value is -1.96. The minimum absolute atomic E-state index is 0.312. The van der Waals surface area contributed by atoms with Crippen molar-refractivity contribution in [1.82, 2.24) is 0 Å². The summed E-state index contributed by atoms with van der Waals surface area (Å²) in [7, 11) is 0. The van der Waals surface area contributed by atoms with Crippen LogP contribution in [0.3, 0.4) is 0 Å². The molecule has 0 heterocycles. The highest BCUT2D eigenvalue weighted by Crippen LogP contribution is 2.32. The van der Waals surface area contributed by atoms with Crippen molar-refractivity contribution in [3.05, 3.63) is 58.7 Å². The molecule has 0 saturated heterocycles. The van der Waals surface area contributed by atoms with Crippen molar-refractivity contribution in [2.24, 2.45) is 0 Å². The fraction of sp³-hybridized carbons (Fsp3) is 0.333. The van der Waals surface area contributed by atoms with Gasteiger partial charge in [0.25, 0.3) is 0 Å². The Bertz CT molecular complexity index is 549. The second kappa shape index (κ2) is 6.00. The third kappa shape index (κ3) is 2.79. The fourth-order valence-corrected chi connectivity index (χ4v) is 2.84. The average Bonchev–Trinajstić information content (AvgIpc) is 2.46. The Morgan fingerprint density at radius 3 is 1.55 bits per heavy atom. The van der Waals surface area contributed by atoms with Crippen LogP contribution in [-0.2, 0) is 12.8 Å². The molecule has 0 aliphatic carbocycles. The van der Waals surface area contributed by atoms with Crippen LogP contribution in [0.2, 0.25) is 0 Å². The Kier molecular flexibility index (Phi) is 4.33. The molecule has 0 aromatic heterocycles.